The molecule has 4 aromatic carbocycles. The summed E-state index contributed by atoms with van der Waals surface area (Å²) in [5.74, 6) is 0.799. The normalized spacial score (nSPS) is 10.6. The van der Waals surface area contributed by atoms with E-state index in [2.05, 4.69) is 5.32 Å². The van der Waals surface area contributed by atoms with Crippen LogP contribution in [0.2, 0.25) is 5.02 Å². The van der Waals surface area contributed by atoms with Crippen molar-refractivity contribution in [2.45, 2.75) is 27.4 Å². The third kappa shape index (κ3) is 6.38. The lowest BCUT2D eigenvalue weighted by atomic mass is 10.0. The smallest absolute Gasteiger partial charge is 0.255 e. The molecule has 0 aliphatic rings. The Labute approximate surface area is 222 Å². The molecule has 6 heteroatoms. The van der Waals surface area contributed by atoms with E-state index in [4.69, 9.17) is 21.1 Å². The van der Waals surface area contributed by atoms with Crippen LogP contribution < -0.4 is 14.8 Å². The molecule has 0 fully saturated rings. The molecule has 0 saturated heterocycles. The summed E-state index contributed by atoms with van der Waals surface area (Å²) in [5.41, 5.74) is 4.68. The van der Waals surface area contributed by atoms with Gasteiger partial charge in [-0.15, -0.1) is 0 Å². The molecular formula is C31H28ClNO4. The fourth-order valence-corrected chi connectivity index (χ4v) is 4.02. The van der Waals surface area contributed by atoms with Gasteiger partial charge in [-0.25, -0.2) is 0 Å². The number of carbonyl (C=O) groups excluding carboxylic acids is 2. The van der Waals surface area contributed by atoms with Crippen LogP contribution in [0.25, 0.3) is 0 Å². The lowest BCUT2D eigenvalue weighted by Crippen LogP contribution is -2.16. The minimum absolute atomic E-state index is 0.229. The predicted molar refractivity (Wildman–Crippen MR) is 147 cm³/mol. The van der Waals surface area contributed by atoms with E-state index in [1.807, 2.05) is 45.0 Å². The van der Waals surface area contributed by atoms with Crippen LogP contribution in [0.3, 0.4) is 0 Å². The second-order valence-electron chi connectivity index (χ2n) is 8.63. The van der Waals surface area contributed by atoms with Gasteiger partial charge in [-0.2, -0.15) is 0 Å². The van der Waals surface area contributed by atoms with Gasteiger partial charge in [0.05, 0.1) is 12.3 Å². The average molecular weight is 514 g/mol. The molecule has 1 N–H and O–H groups in total. The topological polar surface area (TPSA) is 64.6 Å². The summed E-state index contributed by atoms with van der Waals surface area (Å²) in [4.78, 5) is 26.4. The van der Waals surface area contributed by atoms with E-state index in [1.165, 1.54) is 5.56 Å². The Balaban J connectivity index is 1.58. The van der Waals surface area contributed by atoms with Gasteiger partial charge in [-0.05, 0) is 80.4 Å². The molecule has 0 aliphatic carbocycles. The van der Waals surface area contributed by atoms with Gasteiger partial charge in [-0.3, -0.25) is 9.59 Å². The van der Waals surface area contributed by atoms with E-state index in [0.717, 1.165) is 16.9 Å². The summed E-state index contributed by atoms with van der Waals surface area (Å²) in [7, 11) is 0. The van der Waals surface area contributed by atoms with E-state index in [1.54, 1.807) is 60.7 Å². The quantitative estimate of drug-likeness (QED) is 0.236. The van der Waals surface area contributed by atoms with Crippen molar-refractivity contribution >= 4 is 29.0 Å². The van der Waals surface area contributed by atoms with Crippen LogP contribution in [0.15, 0.2) is 84.9 Å². The van der Waals surface area contributed by atoms with Gasteiger partial charge in [0, 0.05) is 27.3 Å². The fraction of sp³-hybridized carbons (Fsp3) is 0.161. The van der Waals surface area contributed by atoms with Crippen molar-refractivity contribution in [3.05, 3.63) is 123 Å². The second-order valence-corrected chi connectivity index (χ2v) is 9.07. The Morgan fingerprint density at radius 1 is 0.811 bits per heavy atom. The molecule has 0 spiro atoms. The number of amides is 1. The summed E-state index contributed by atoms with van der Waals surface area (Å²) >= 11 is 6.18. The summed E-state index contributed by atoms with van der Waals surface area (Å²) in [5, 5.41) is 3.28. The van der Waals surface area contributed by atoms with Crippen LogP contribution in [-0.4, -0.2) is 18.3 Å². The minimum Gasteiger partial charge on any atom is -0.493 e. The van der Waals surface area contributed by atoms with Crippen molar-refractivity contribution in [2.75, 3.05) is 11.9 Å². The van der Waals surface area contributed by atoms with Gasteiger partial charge in [0.1, 0.15) is 18.1 Å². The molecule has 4 rings (SSSR count). The van der Waals surface area contributed by atoms with E-state index < -0.39 is 0 Å². The maximum absolute atomic E-state index is 13.3. The van der Waals surface area contributed by atoms with Crippen molar-refractivity contribution in [2.24, 2.45) is 0 Å². The van der Waals surface area contributed by atoms with E-state index in [9.17, 15) is 9.59 Å². The first-order chi connectivity index (χ1) is 17.9. The Morgan fingerprint density at radius 3 is 2.32 bits per heavy atom. The van der Waals surface area contributed by atoms with Crippen molar-refractivity contribution < 1.29 is 19.1 Å². The van der Waals surface area contributed by atoms with Gasteiger partial charge in [0.25, 0.3) is 5.91 Å². The van der Waals surface area contributed by atoms with E-state index in [0.29, 0.717) is 39.8 Å². The molecule has 4 aromatic rings. The summed E-state index contributed by atoms with van der Waals surface area (Å²) in [6.45, 7) is 6.70. The molecule has 0 saturated carbocycles. The number of carbonyl (C=O) groups is 2. The van der Waals surface area contributed by atoms with Crippen LogP contribution in [0.4, 0.5) is 5.69 Å². The first kappa shape index (κ1) is 26.0. The van der Waals surface area contributed by atoms with Crippen molar-refractivity contribution in [1.82, 2.24) is 0 Å². The number of nitrogens with one attached hydrogen (secondary N) is 1. The second kappa shape index (κ2) is 11.8. The summed E-state index contributed by atoms with van der Waals surface area (Å²) < 4.78 is 11.8. The monoisotopic (exact) mass is 513 g/mol. The highest BCUT2D eigenvalue weighted by atomic mass is 35.5. The van der Waals surface area contributed by atoms with Crippen LogP contribution in [0, 0.1) is 13.8 Å². The van der Waals surface area contributed by atoms with Gasteiger partial charge >= 0.3 is 0 Å². The fourth-order valence-electron chi connectivity index (χ4n) is 3.85. The molecule has 0 aromatic heterocycles. The maximum atomic E-state index is 13.3. The van der Waals surface area contributed by atoms with Gasteiger partial charge in [0.2, 0.25) is 0 Å². The summed E-state index contributed by atoms with van der Waals surface area (Å²) in [6.07, 6.45) is 0. The molecule has 0 radical (unpaired) electrons. The predicted octanol–water partition coefficient (Wildman–Crippen LogP) is 7.42. The third-order valence-electron chi connectivity index (χ3n) is 6.01. The first-order valence-corrected chi connectivity index (χ1v) is 12.4. The molecule has 0 bridgehead atoms. The Morgan fingerprint density at radius 2 is 1.59 bits per heavy atom. The number of hydrogen-bond acceptors (Lipinski definition) is 4. The van der Waals surface area contributed by atoms with Crippen LogP contribution in [0.5, 0.6) is 11.5 Å². The van der Waals surface area contributed by atoms with Gasteiger partial charge < -0.3 is 14.8 Å². The maximum Gasteiger partial charge on any atom is 0.255 e. The van der Waals surface area contributed by atoms with E-state index in [-0.39, 0.29) is 18.3 Å². The number of rotatable bonds is 9. The zero-order chi connectivity index (χ0) is 26.4. The molecule has 1 amide bonds. The van der Waals surface area contributed by atoms with E-state index >= 15 is 0 Å². The van der Waals surface area contributed by atoms with Crippen LogP contribution in [0.1, 0.15) is 49.9 Å². The van der Waals surface area contributed by atoms with Crippen molar-refractivity contribution in [3.63, 3.8) is 0 Å². The number of aryl methyl sites for hydroxylation is 2. The van der Waals surface area contributed by atoms with Crippen molar-refractivity contribution in [1.29, 1.82) is 0 Å². The van der Waals surface area contributed by atoms with Crippen LogP contribution >= 0.6 is 11.6 Å². The number of hydrogen-bond donors (Lipinski definition) is 1. The van der Waals surface area contributed by atoms with Crippen molar-refractivity contribution in [3.8, 4) is 11.5 Å². The number of anilines is 1. The molecule has 0 atom stereocenters. The third-order valence-corrected chi connectivity index (χ3v) is 6.24. The molecule has 0 unspecified atom stereocenters. The standard InChI is InChI=1S/C31H28ClNO4/c1-4-36-29-15-11-23(17-24(29)19-37-26-13-10-20(2)21(3)16-26)31(35)33-28-14-12-25(32)18-27(28)30(34)22-8-6-5-7-9-22/h5-18H,4,19H2,1-3H3,(H,33,35). The molecule has 188 valence electrons. The van der Waals surface area contributed by atoms with Gasteiger partial charge in [0.15, 0.2) is 5.78 Å². The average Bonchev–Trinajstić information content (AvgIpc) is 2.91. The lowest BCUT2D eigenvalue weighted by Gasteiger charge is -2.15. The number of ether oxygens (including phenoxy) is 2. The molecule has 0 heterocycles. The molecule has 0 aliphatic heterocycles. The number of benzene rings is 4. The zero-order valence-corrected chi connectivity index (χ0v) is 21.8. The Hall–Kier alpha value is -4.09. The minimum atomic E-state index is -0.361. The highest BCUT2D eigenvalue weighted by Crippen LogP contribution is 2.27. The zero-order valence-electron chi connectivity index (χ0n) is 21.0. The molecular weight excluding hydrogens is 486 g/mol. The lowest BCUT2D eigenvalue weighted by molar-refractivity contribution is 0.102. The number of halogens is 1. The number of ketones is 1. The highest BCUT2D eigenvalue weighted by Gasteiger charge is 2.18. The Bertz CT molecular complexity index is 1430. The van der Waals surface area contributed by atoms with Gasteiger partial charge in [-0.1, -0.05) is 48.0 Å². The molecule has 37 heavy (non-hydrogen) atoms. The molecule has 5 nitrogen and oxygen atoms in total. The van der Waals surface area contributed by atoms with Crippen LogP contribution in [-0.2, 0) is 6.61 Å². The Kier molecular flexibility index (Phi) is 8.26. The summed E-state index contributed by atoms with van der Waals surface area (Å²) in [6, 6.07) is 24.8. The SMILES string of the molecule is CCOc1ccc(C(=O)Nc2ccc(Cl)cc2C(=O)c2ccccc2)cc1COc1ccc(C)c(C)c1. The highest BCUT2D eigenvalue weighted by molar-refractivity contribution is 6.31. The largest absolute Gasteiger partial charge is 0.493 e. The first-order valence-electron chi connectivity index (χ1n) is 12.0.